The fourth-order valence-corrected chi connectivity index (χ4v) is 3.05. The van der Waals surface area contributed by atoms with E-state index < -0.39 is 0 Å². The van der Waals surface area contributed by atoms with Gasteiger partial charge in [0.05, 0.1) is 23.3 Å². The largest absolute Gasteiger partial charge is 0.490 e. The van der Waals surface area contributed by atoms with Crippen molar-refractivity contribution in [3.8, 4) is 17.4 Å². The molecule has 2 aromatic rings. The van der Waals surface area contributed by atoms with E-state index in [2.05, 4.69) is 15.0 Å². The molecule has 0 N–H and O–H groups in total. The Kier molecular flexibility index (Phi) is 11.7. The summed E-state index contributed by atoms with van der Waals surface area (Å²) in [4.78, 5) is 8.89. The van der Waals surface area contributed by atoms with Gasteiger partial charge in [0.25, 0.3) is 0 Å². The van der Waals surface area contributed by atoms with E-state index in [0.717, 1.165) is 18.4 Å². The first kappa shape index (κ1) is 25.4. The van der Waals surface area contributed by atoms with Gasteiger partial charge in [0.2, 0.25) is 5.88 Å². The number of benzene rings is 1. The van der Waals surface area contributed by atoms with Gasteiger partial charge in [-0.3, -0.25) is 0 Å². The zero-order chi connectivity index (χ0) is 22.5. The van der Waals surface area contributed by atoms with Crippen molar-refractivity contribution in [3.63, 3.8) is 0 Å². The highest BCUT2D eigenvalue weighted by Crippen LogP contribution is 2.37. The van der Waals surface area contributed by atoms with E-state index in [4.69, 9.17) is 60.6 Å². The zero-order valence-corrected chi connectivity index (χ0v) is 19.8. The molecule has 0 fully saturated rings. The predicted octanol–water partition coefficient (Wildman–Crippen LogP) is 6.50. The first-order valence-corrected chi connectivity index (χ1v) is 10.9. The summed E-state index contributed by atoms with van der Waals surface area (Å²) in [5.41, 5.74) is 1.02. The molecule has 0 radical (unpaired) electrons. The van der Waals surface area contributed by atoms with Gasteiger partial charge in [-0.25, -0.2) is 4.98 Å². The number of hydrogen-bond donors (Lipinski definition) is 0. The molecule has 10 heteroatoms. The molecular weight excluding hydrogens is 486 g/mol. The smallest absolute Gasteiger partial charge is 0.213 e. The molecule has 0 spiro atoms. The fourth-order valence-electron chi connectivity index (χ4n) is 2.35. The summed E-state index contributed by atoms with van der Waals surface area (Å²) in [6.45, 7) is 1.17. The van der Waals surface area contributed by atoms with Crippen LogP contribution in [0.4, 0.5) is 0 Å². The van der Waals surface area contributed by atoms with Crippen LogP contribution in [0.2, 0.25) is 10.0 Å². The van der Waals surface area contributed by atoms with Gasteiger partial charge in [-0.15, -0.1) is 0 Å². The van der Waals surface area contributed by atoms with E-state index >= 15 is 0 Å². The van der Waals surface area contributed by atoms with Crippen LogP contribution in [-0.2, 0) is 11.3 Å². The minimum atomic E-state index is 0.127. The molecule has 0 amide bonds. The maximum atomic E-state index is 6.24. The van der Waals surface area contributed by atoms with Crippen molar-refractivity contribution in [2.24, 2.45) is 5.16 Å². The fraction of sp³-hybridized carbons (Fsp3) is 0.333. The quantitative estimate of drug-likeness (QED) is 0.176. The maximum absolute atomic E-state index is 6.24. The van der Waals surface area contributed by atoms with Crippen molar-refractivity contribution < 1.29 is 19.0 Å². The minimum absolute atomic E-state index is 0.127. The number of nitrogens with zero attached hydrogens (tertiary/aromatic N) is 2. The molecule has 0 saturated carbocycles. The summed E-state index contributed by atoms with van der Waals surface area (Å²) < 4.78 is 16.9. The number of rotatable bonds is 13. The molecule has 31 heavy (non-hydrogen) atoms. The lowest BCUT2D eigenvalue weighted by atomic mass is 10.2. The Labute approximate surface area is 201 Å². The monoisotopic (exact) mass is 506 g/mol. The van der Waals surface area contributed by atoms with Gasteiger partial charge in [0.15, 0.2) is 5.75 Å². The number of ether oxygens (including phenoxy) is 3. The average molecular weight is 508 g/mol. The highest BCUT2D eigenvalue weighted by molar-refractivity contribution is 6.55. The van der Waals surface area contributed by atoms with Gasteiger partial charge in [0.1, 0.15) is 24.0 Å². The van der Waals surface area contributed by atoms with Crippen LogP contribution >= 0.6 is 46.4 Å². The van der Waals surface area contributed by atoms with E-state index in [1.807, 2.05) is 12.1 Å². The van der Waals surface area contributed by atoms with Crippen LogP contribution in [0.1, 0.15) is 18.4 Å². The van der Waals surface area contributed by atoms with E-state index in [9.17, 15) is 0 Å². The molecule has 1 aromatic heterocycles. The molecule has 168 valence electrons. The van der Waals surface area contributed by atoms with Crippen molar-refractivity contribution >= 4 is 52.6 Å². The molecule has 6 nitrogen and oxygen atoms in total. The minimum Gasteiger partial charge on any atom is -0.490 e. The van der Waals surface area contributed by atoms with Crippen molar-refractivity contribution in [2.75, 3.05) is 26.9 Å². The van der Waals surface area contributed by atoms with Crippen LogP contribution in [0, 0.1) is 0 Å². The summed E-state index contributed by atoms with van der Waals surface area (Å²) in [6.07, 6.45) is 7.12. The lowest BCUT2D eigenvalue weighted by Crippen LogP contribution is -2.04. The van der Waals surface area contributed by atoms with Crippen molar-refractivity contribution in [2.45, 2.75) is 19.3 Å². The van der Waals surface area contributed by atoms with Crippen LogP contribution in [0.3, 0.4) is 0 Å². The number of halogens is 4. The van der Waals surface area contributed by atoms with Crippen molar-refractivity contribution in [1.29, 1.82) is 0 Å². The van der Waals surface area contributed by atoms with E-state index in [0.29, 0.717) is 47.1 Å². The van der Waals surface area contributed by atoms with Gasteiger partial charge in [-0.05, 0) is 24.5 Å². The summed E-state index contributed by atoms with van der Waals surface area (Å²) in [6, 6.07) is 7.01. The van der Waals surface area contributed by atoms with E-state index in [1.165, 1.54) is 13.2 Å². The zero-order valence-electron chi connectivity index (χ0n) is 16.8. The Morgan fingerprint density at radius 3 is 2.35 bits per heavy atom. The van der Waals surface area contributed by atoms with Crippen molar-refractivity contribution in [3.05, 3.63) is 56.6 Å². The summed E-state index contributed by atoms with van der Waals surface area (Å²) in [5, 5.41) is 4.41. The Hall–Kier alpha value is -1.86. The van der Waals surface area contributed by atoms with E-state index in [1.54, 1.807) is 24.5 Å². The highest BCUT2D eigenvalue weighted by Gasteiger charge is 2.10. The molecule has 2 rings (SSSR count). The van der Waals surface area contributed by atoms with E-state index in [-0.39, 0.29) is 11.1 Å². The first-order valence-electron chi connectivity index (χ1n) is 9.38. The lowest BCUT2D eigenvalue weighted by molar-refractivity contribution is 0.215. The van der Waals surface area contributed by atoms with Gasteiger partial charge in [0, 0.05) is 37.0 Å². The lowest BCUT2D eigenvalue weighted by Gasteiger charge is -2.12. The van der Waals surface area contributed by atoms with Gasteiger partial charge in [-0.1, -0.05) is 57.6 Å². The molecular formula is C21H22Cl4N2O4. The second kappa shape index (κ2) is 14.2. The first-order chi connectivity index (χ1) is 15.0. The number of oxime groups is 1. The molecule has 1 aromatic carbocycles. The molecule has 0 unspecified atom stereocenters. The molecule has 0 saturated heterocycles. The number of unbranched alkanes of at least 4 members (excludes halogenated alkanes) is 1. The molecule has 0 aliphatic heterocycles. The van der Waals surface area contributed by atoms with Gasteiger partial charge < -0.3 is 19.0 Å². The van der Waals surface area contributed by atoms with Crippen LogP contribution < -0.4 is 14.2 Å². The maximum Gasteiger partial charge on any atom is 0.213 e. The Bertz CT molecular complexity index is 849. The van der Waals surface area contributed by atoms with Crippen LogP contribution in [-0.4, -0.2) is 38.1 Å². The Morgan fingerprint density at radius 1 is 1.03 bits per heavy atom. The third-order valence-electron chi connectivity index (χ3n) is 3.80. The summed E-state index contributed by atoms with van der Waals surface area (Å²) in [5.74, 6) is 1.48. The Morgan fingerprint density at radius 2 is 1.74 bits per heavy atom. The summed E-state index contributed by atoms with van der Waals surface area (Å²) in [7, 11) is 1.51. The van der Waals surface area contributed by atoms with Crippen LogP contribution in [0.15, 0.2) is 46.2 Å². The van der Waals surface area contributed by atoms with Gasteiger partial charge >= 0.3 is 0 Å². The van der Waals surface area contributed by atoms with Crippen molar-refractivity contribution in [1.82, 2.24) is 4.98 Å². The third-order valence-corrected chi connectivity index (χ3v) is 4.67. The number of hydrogen-bond acceptors (Lipinski definition) is 6. The average Bonchev–Trinajstić information content (AvgIpc) is 2.73. The third kappa shape index (κ3) is 9.87. The van der Waals surface area contributed by atoms with Crippen LogP contribution in [0.5, 0.6) is 17.4 Å². The van der Waals surface area contributed by atoms with Crippen LogP contribution in [0.25, 0.3) is 0 Å². The summed E-state index contributed by atoms with van der Waals surface area (Å²) >= 11 is 23.6. The van der Waals surface area contributed by atoms with Gasteiger partial charge in [-0.2, -0.15) is 0 Å². The standard InChI is InChI=1S/C21H22Cl4N2O4/c1-28-27-8-6-15-4-5-20(26-14-15)30-9-2-3-10-31-21-17(22)12-16(13-18(21)23)29-11-7-19(24)25/h4-5,7-8,12-14H,2-3,6,9-11H2,1H3/b27-8+. The predicted molar refractivity (Wildman–Crippen MR) is 125 cm³/mol. The molecule has 0 aliphatic carbocycles. The SMILES string of the molecule is CO/N=C/Cc1ccc(OCCCCOc2c(Cl)cc(OCC=C(Cl)Cl)cc2Cl)nc1. The Balaban J connectivity index is 1.69. The molecule has 1 heterocycles. The second-order valence-electron chi connectivity index (χ2n) is 6.10. The molecule has 0 aliphatic rings. The number of aromatic nitrogens is 1. The molecule has 0 bridgehead atoms. The normalized spacial score (nSPS) is 10.7. The second-order valence-corrected chi connectivity index (χ2v) is 7.93. The molecule has 0 atom stereocenters. The topological polar surface area (TPSA) is 62.2 Å². The highest BCUT2D eigenvalue weighted by atomic mass is 35.5. The number of pyridine rings is 1.